The molecule has 1 aromatic carbocycles. The number of hydrogen-bond acceptors (Lipinski definition) is 3. The summed E-state index contributed by atoms with van der Waals surface area (Å²) in [6.07, 6.45) is 1.56. The topological polar surface area (TPSA) is 68.0 Å². The highest BCUT2D eigenvalue weighted by atomic mass is 16.5. The van der Waals surface area contributed by atoms with Crippen LogP contribution in [0.4, 0.5) is 0 Å². The minimum Gasteiger partial charge on any atom is -0.497 e. The van der Waals surface area contributed by atoms with Crippen LogP contribution >= 0.6 is 0 Å². The highest BCUT2D eigenvalue weighted by Crippen LogP contribution is 2.27. The number of fused-ring (bicyclic) bond motifs is 1. The third-order valence-electron chi connectivity index (χ3n) is 3.48. The summed E-state index contributed by atoms with van der Waals surface area (Å²) in [5.74, 6) is -0.581. The first-order valence-corrected chi connectivity index (χ1v) is 6.64. The molecule has 0 unspecified atom stereocenters. The molecule has 0 amide bonds. The maximum atomic E-state index is 12.2. The second-order valence-electron chi connectivity index (χ2n) is 4.77. The van der Waals surface area contributed by atoms with Gasteiger partial charge in [-0.25, -0.2) is 4.79 Å². The highest BCUT2D eigenvalue weighted by molar-refractivity contribution is 5.92. The van der Waals surface area contributed by atoms with E-state index in [4.69, 9.17) is 4.74 Å². The summed E-state index contributed by atoms with van der Waals surface area (Å²) in [5.41, 5.74) is 1.28. The molecule has 1 N–H and O–H groups in total. The Balaban J connectivity index is 2.40. The standard InChI is InChI=1S/C17H13NO4/c1-22-12-6-4-5-11(9-12)13-10-14(17(20)21)16(19)18-8-3-2-7-15(13)18/h2-10H,1H3,(H,20,21). The maximum absolute atomic E-state index is 12.2. The molecule has 5 nitrogen and oxygen atoms in total. The van der Waals surface area contributed by atoms with Crippen LogP contribution < -0.4 is 10.3 Å². The zero-order valence-corrected chi connectivity index (χ0v) is 11.8. The third-order valence-corrected chi connectivity index (χ3v) is 3.48. The van der Waals surface area contributed by atoms with Gasteiger partial charge in [0.05, 0.1) is 12.6 Å². The molecular formula is C17H13NO4. The van der Waals surface area contributed by atoms with Crippen LogP contribution in [0.5, 0.6) is 5.75 Å². The van der Waals surface area contributed by atoms with E-state index in [1.54, 1.807) is 43.6 Å². The molecule has 3 aromatic rings. The van der Waals surface area contributed by atoms with Crippen molar-refractivity contribution in [3.05, 3.63) is 70.6 Å². The molecule has 2 heterocycles. The summed E-state index contributed by atoms with van der Waals surface area (Å²) in [7, 11) is 1.56. The van der Waals surface area contributed by atoms with E-state index < -0.39 is 11.5 Å². The van der Waals surface area contributed by atoms with Gasteiger partial charge < -0.3 is 9.84 Å². The van der Waals surface area contributed by atoms with Crippen molar-refractivity contribution in [1.29, 1.82) is 0 Å². The average molecular weight is 295 g/mol. The summed E-state index contributed by atoms with van der Waals surface area (Å²) in [4.78, 5) is 23.6. The largest absolute Gasteiger partial charge is 0.497 e. The number of benzene rings is 1. The molecule has 22 heavy (non-hydrogen) atoms. The molecule has 3 rings (SSSR count). The molecule has 0 aliphatic carbocycles. The fraction of sp³-hybridized carbons (Fsp3) is 0.0588. The minimum absolute atomic E-state index is 0.262. The Morgan fingerprint density at radius 3 is 2.68 bits per heavy atom. The van der Waals surface area contributed by atoms with E-state index in [0.717, 1.165) is 5.56 Å². The normalized spacial score (nSPS) is 10.6. The summed E-state index contributed by atoms with van der Waals surface area (Å²) in [6.45, 7) is 0. The Labute approximate surface area is 126 Å². The van der Waals surface area contributed by atoms with Crippen molar-refractivity contribution in [2.24, 2.45) is 0 Å². The van der Waals surface area contributed by atoms with Gasteiger partial charge in [-0.15, -0.1) is 0 Å². The van der Waals surface area contributed by atoms with E-state index in [9.17, 15) is 14.7 Å². The molecule has 0 saturated carbocycles. The first kappa shape index (κ1) is 13.9. The SMILES string of the molecule is COc1cccc(-c2cc(C(=O)O)c(=O)n3ccccc23)c1. The van der Waals surface area contributed by atoms with Gasteiger partial charge in [0.1, 0.15) is 11.3 Å². The first-order valence-electron chi connectivity index (χ1n) is 6.64. The molecule has 0 fully saturated rings. The van der Waals surface area contributed by atoms with Gasteiger partial charge in [-0.3, -0.25) is 9.20 Å². The Hall–Kier alpha value is -3.08. The Morgan fingerprint density at radius 2 is 1.95 bits per heavy atom. The van der Waals surface area contributed by atoms with Crippen LogP contribution in [-0.4, -0.2) is 22.6 Å². The number of ether oxygens (including phenoxy) is 1. The Morgan fingerprint density at radius 1 is 1.14 bits per heavy atom. The predicted molar refractivity (Wildman–Crippen MR) is 82.6 cm³/mol. The lowest BCUT2D eigenvalue weighted by Gasteiger charge is -2.10. The van der Waals surface area contributed by atoms with Crippen LogP contribution in [0.25, 0.3) is 16.6 Å². The Kier molecular flexibility index (Phi) is 3.39. The zero-order chi connectivity index (χ0) is 15.7. The molecule has 110 valence electrons. The van der Waals surface area contributed by atoms with Crippen LogP contribution in [0.1, 0.15) is 10.4 Å². The number of nitrogens with zero attached hydrogens (tertiary/aromatic N) is 1. The molecule has 0 atom stereocenters. The maximum Gasteiger partial charge on any atom is 0.341 e. The second-order valence-corrected chi connectivity index (χ2v) is 4.77. The number of rotatable bonds is 3. The number of methoxy groups -OCH3 is 1. The summed E-state index contributed by atoms with van der Waals surface area (Å²) in [5, 5.41) is 9.26. The van der Waals surface area contributed by atoms with Crippen molar-refractivity contribution in [2.45, 2.75) is 0 Å². The number of carbonyl (C=O) groups is 1. The Bertz CT molecular complexity index is 927. The number of pyridine rings is 2. The number of carboxylic acids is 1. The van der Waals surface area contributed by atoms with Crippen molar-refractivity contribution in [3.8, 4) is 16.9 Å². The van der Waals surface area contributed by atoms with Gasteiger partial charge in [-0.1, -0.05) is 18.2 Å². The van der Waals surface area contributed by atoms with Crippen molar-refractivity contribution >= 4 is 11.5 Å². The first-order chi connectivity index (χ1) is 10.6. The predicted octanol–water partition coefficient (Wildman–Crippen LogP) is 2.67. The summed E-state index contributed by atoms with van der Waals surface area (Å²) >= 11 is 0. The van der Waals surface area contributed by atoms with Crippen LogP contribution in [0.2, 0.25) is 0 Å². The molecular weight excluding hydrogens is 282 g/mol. The van der Waals surface area contributed by atoms with Crippen LogP contribution in [0, 0.1) is 0 Å². The molecule has 0 spiro atoms. The van der Waals surface area contributed by atoms with E-state index >= 15 is 0 Å². The highest BCUT2D eigenvalue weighted by Gasteiger charge is 2.15. The zero-order valence-electron chi connectivity index (χ0n) is 11.8. The van der Waals surface area contributed by atoms with Crippen molar-refractivity contribution in [1.82, 2.24) is 4.40 Å². The quantitative estimate of drug-likeness (QED) is 0.806. The average Bonchev–Trinajstić information content (AvgIpc) is 2.55. The van der Waals surface area contributed by atoms with Gasteiger partial charge in [0.2, 0.25) is 0 Å². The smallest absolute Gasteiger partial charge is 0.341 e. The van der Waals surface area contributed by atoms with Gasteiger partial charge >= 0.3 is 5.97 Å². The summed E-state index contributed by atoms with van der Waals surface area (Å²) < 4.78 is 6.55. The van der Waals surface area contributed by atoms with Crippen molar-refractivity contribution in [2.75, 3.05) is 7.11 Å². The van der Waals surface area contributed by atoms with Crippen molar-refractivity contribution in [3.63, 3.8) is 0 Å². The lowest BCUT2D eigenvalue weighted by atomic mass is 10.0. The van der Waals surface area contributed by atoms with Crippen LogP contribution in [0.15, 0.2) is 59.5 Å². The fourth-order valence-electron chi connectivity index (χ4n) is 2.42. The number of carboxylic acid groups (broad SMARTS) is 1. The van der Waals surface area contributed by atoms with E-state index in [0.29, 0.717) is 16.8 Å². The van der Waals surface area contributed by atoms with Crippen molar-refractivity contribution < 1.29 is 14.6 Å². The molecule has 2 aromatic heterocycles. The molecule has 0 aliphatic heterocycles. The molecule has 5 heteroatoms. The second kappa shape index (κ2) is 5.37. The van der Waals surface area contributed by atoms with Gasteiger partial charge in [0.25, 0.3) is 5.56 Å². The summed E-state index contributed by atoms with van der Waals surface area (Å²) in [6, 6.07) is 14.0. The van der Waals surface area contributed by atoms with E-state index in [2.05, 4.69) is 0 Å². The monoisotopic (exact) mass is 295 g/mol. The van der Waals surface area contributed by atoms with E-state index in [1.165, 1.54) is 10.5 Å². The number of aromatic nitrogens is 1. The molecule has 0 aliphatic rings. The fourth-order valence-corrected chi connectivity index (χ4v) is 2.42. The third kappa shape index (κ3) is 2.22. The number of aromatic carboxylic acids is 1. The van der Waals surface area contributed by atoms with E-state index in [-0.39, 0.29) is 5.56 Å². The molecule has 0 radical (unpaired) electrons. The lowest BCUT2D eigenvalue weighted by Crippen LogP contribution is -2.22. The van der Waals surface area contributed by atoms with Crippen LogP contribution in [0.3, 0.4) is 0 Å². The minimum atomic E-state index is -1.24. The van der Waals surface area contributed by atoms with E-state index in [1.807, 2.05) is 12.1 Å². The number of hydrogen-bond donors (Lipinski definition) is 1. The van der Waals surface area contributed by atoms with Gasteiger partial charge in [0.15, 0.2) is 0 Å². The molecule has 0 saturated heterocycles. The van der Waals surface area contributed by atoms with Gasteiger partial charge in [-0.05, 0) is 35.9 Å². The molecule has 0 bridgehead atoms. The van der Waals surface area contributed by atoms with Crippen LogP contribution in [-0.2, 0) is 0 Å². The lowest BCUT2D eigenvalue weighted by molar-refractivity contribution is 0.0695. The van der Waals surface area contributed by atoms with Gasteiger partial charge in [-0.2, -0.15) is 0 Å². The van der Waals surface area contributed by atoms with Gasteiger partial charge in [0, 0.05) is 11.8 Å².